The van der Waals surface area contributed by atoms with Crippen LogP contribution in [0.5, 0.6) is 0 Å². The molecule has 0 bridgehead atoms. The van der Waals surface area contributed by atoms with E-state index in [1.165, 1.54) is 4.90 Å². The van der Waals surface area contributed by atoms with E-state index < -0.39 is 6.10 Å². The van der Waals surface area contributed by atoms with Crippen LogP contribution in [-0.4, -0.2) is 58.1 Å². The minimum absolute atomic E-state index is 0.140. The van der Waals surface area contributed by atoms with Crippen molar-refractivity contribution >= 4 is 17.0 Å². The number of β-amino-alcohol motifs (C(OH)–C–C–N with tert-alkyl or cyclic N) is 1. The molecule has 1 aliphatic rings. The number of aromatic nitrogens is 1. The number of nitrogens with one attached hydrogen (secondary N) is 1. The number of likely N-dealkylation sites (tertiary alicyclic amines) is 1. The molecule has 1 saturated heterocycles. The fraction of sp³-hybridized carbons (Fsp3) is 0.467. The summed E-state index contributed by atoms with van der Waals surface area (Å²) in [5.41, 5.74) is 1.53. The average Bonchev–Trinajstić information content (AvgIpc) is 3.11. The van der Waals surface area contributed by atoms with Gasteiger partial charge in [0.05, 0.1) is 24.4 Å². The third-order valence-corrected chi connectivity index (χ3v) is 3.95. The van der Waals surface area contributed by atoms with E-state index in [9.17, 15) is 15.0 Å². The van der Waals surface area contributed by atoms with Gasteiger partial charge in [0.1, 0.15) is 0 Å². The first kappa shape index (κ1) is 14.8. The number of nitrogens with zero attached hydrogens (tertiary/aromatic N) is 2. The molecule has 2 aromatic rings. The van der Waals surface area contributed by atoms with Gasteiger partial charge in [-0.1, -0.05) is 17.3 Å². The van der Waals surface area contributed by atoms with Gasteiger partial charge in [-0.3, -0.25) is 0 Å². The number of aliphatic hydroxyl groups is 2. The van der Waals surface area contributed by atoms with Crippen LogP contribution in [0.1, 0.15) is 12.1 Å². The zero-order valence-corrected chi connectivity index (χ0v) is 12.1. The highest BCUT2D eigenvalue weighted by Gasteiger charge is 2.33. The smallest absolute Gasteiger partial charge is 0.317 e. The Morgan fingerprint density at radius 3 is 3.09 bits per heavy atom. The lowest BCUT2D eigenvalue weighted by molar-refractivity contribution is 0.155. The maximum Gasteiger partial charge on any atom is 0.317 e. The Balaban J connectivity index is 1.55. The van der Waals surface area contributed by atoms with Crippen molar-refractivity contribution < 1.29 is 19.5 Å². The first-order chi connectivity index (χ1) is 10.7. The number of benzene rings is 1. The van der Waals surface area contributed by atoms with Crippen LogP contribution in [0.15, 0.2) is 28.8 Å². The molecule has 2 unspecified atom stereocenters. The van der Waals surface area contributed by atoms with E-state index in [1.807, 2.05) is 24.3 Å². The third kappa shape index (κ3) is 2.90. The lowest BCUT2D eigenvalue weighted by Gasteiger charge is -2.22. The average molecular weight is 305 g/mol. The largest absolute Gasteiger partial charge is 0.394 e. The van der Waals surface area contributed by atoms with Crippen molar-refractivity contribution in [1.82, 2.24) is 15.4 Å². The van der Waals surface area contributed by atoms with Gasteiger partial charge < -0.3 is 25.0 Å². The molecular weight excluding hydrogens is 286 g/mol. The van der Waals surface area contributed by atoms with E-state index >= 15 is 0 Å². The van der Waals surface area contributed by atoms with Gasteiger partial charge in [0.15, 0.2) is 5.58 Å². The second-order valence-corrected chi connectivity index (χ2v) is 5.49. The van der Waals surface area contributed by atoms with E-state index in [-0.39, 0.29) is 25.2 Å². The van der Waals surface area contributed by atoms with Crippen molar-refractivity contribution in [3.63, 3.8) is 0 Å². The number of rotatable bonds is 4. The van der Waals surface area contributed by atoms with Gasteiger partial charge in [0.25, 0.3) is 0 Å². The minimum Gasteiger partial charge on any atom is -0.394 e. The van der Waals surface area contributed by atoms with Crippen LogP contribution in [0.25, 0.3) is 11.0 Å². The van der Waals surface area contributed by atoms with Gasteiger partial charge in [0, 0.05) is 24.9 Å². The Bertz CT molecular complexity index is 657. The first-order valence-corrected chi connectivity index (χ1v) is 7.35. The number of hydrogen-bond donors (Lipinski definition) is 3. The molecule has 0 aliphatic carbocycles. The van der Waals surface area contributed by atoms with Gasteiger partial charge in [-0.25, -0.2) is 4.79 Å². The zero-order chi connectivity index (χ0) is 15.5. The van der Waals surface area contributed by atoms with Gasteiger partial charge in [-0.05, 0) is 18.6 Å². The molecule has 1 aromatic carbocycles. The first-order valence-electron chi connectivity index (χ1n) is 7.35. The Labute approximate surface area is 127 Å². The molecule has 1 aromatic heterocycles. The summed E-state index contributed by atoms with van der Waals surface area (Å²) >= 11 is 0. The lowest BCUT2D eigenvalue weighted by Crippen LogP contribution is -2.45. The van der Waals surface area contributed by atoms with E-state index in [4.69, 9.17) is 4.52 Å². The summed E-state index contributed by atoms with van der Waals surface area (Å²) in [5.74, 6) is 0. The number of carbonyl (C=O) groups excluding carboxylic acids is 1. The molecule has 2 amide bonds. The van der Waals surface area contributed by atoms with Crippen LogP contribution < -0.4 is 5.32 Å². The molecule has 0 radical (unpaired) electrons. The number of hydrogen-bond acceptors (Lipinski definition) is 5. The molecule has 118 valence electrons. The molecule has 3 rings (SSSR count). The Morgan fingerprint density at radius 1 is 1.45 bits per heavy atom. The highest BCUT2D eigenvalue weighted by Crippen LogP contribution is 2.19. The van der Waals surface area contributed by atoms with Crippen LogP contribution in [0.4, 0.5) is 4.79 Å². The van der Waals surface area contributed by atoms with Crippen molar-refractivity contribution in [3.8, 4) is 0 Å². The van der Waals surface area contributed by atoms with Gasteiger partial charge in [0.2, 0.25) is 0 Å². The molecule has 7 nitrogen and oxygen atoms in total. The van der Waals surface area contributed by atoms with Crippen LogP contribution in [0.3, 0.4) is 0 Å². The van der Waals surface area contributed by atoms with Crippen molar-refractivity contribution in [3.05, 3.63) is 30.0 Å². The highest BCUT2D eigenvalue weighted by atomic mass is 16.5. The summed E-state index contributed by atoms with van der Waals surface area (Å²) in [7, 11) is 0. The predicted molar refractivity (Wildman–Crippen MR) is 79.3 cm³/mol. The number of urea groups is 1. The SMILES string of the molecule is O=C(NCCc1noc2ccccc12)N1CC(O)CC1CO. The lowest BCUT2D eigenvalue weighted by atomic mass is 10.2. The second kappa shape index (κ2) is 6.33. The Kier molecular flexibility index (Phi) is 4.26. The minimum atomic E-state index is -0.567. The normalized spacial score (nSPS) is 21.5. The molecule has 1 fully saturated rings. The summed E-state index contributed by atoms with van der Waals surface area (Å²) in [4.78, 5) is 13.6. The molecule has 0 spiro atoms. The quantitative estimate of drug-likeness (QED) is 0.764. The molecule has 7 heteroatoms. The van der Waals surface area contributed by atoms with Crippen molar-refractivity contribution in [2.24, 2.45) is 0 Å². The molecular formula is C15H19N3O4. The topological polar surface area (TPSA) is 98.8 Å². The standard InChI is InChI=1S/C15H19N3O4/c19-9-10-7-11(20)8-18(10)15(21)16-6-5-13-12-3-1-2-4-14(12)22-17-13/h1-4,10-11,19-20H,5-9H2,(H,16,21). The summed E-state index contributed by atoms with van der Waals surface area (Å²) in [5, 5.41) is 26.6. The van der Waals surface area contributed by atoms with Crippen LogP contribution >= 0.6 is 0 Å². The summed E-state index contributed by atoms with van der Waals surface area (Å²) in [6.07, 6.45) is 0.406. The number of fused-ring (bicyclic) bond motifs is 1. The van der Waals surface area contributed by atoms with Crippen LogP contribution in [0, 0.1) is 0 Å². The van der Waals surface area contributed by atoms with Gasteiger partial charge in [-0.2, -0.15) is 0 Å². The molecule has 2 heterocycles. The van der Waals surface area contributed by atoms with Crippen molar-refractivity contribution in [2.75, 3.05) is 19.7 Å². The molecule has 1 aliphatic heterocycles. The fourth-order valence-corrected chi connectivity index (χ4v) is 2.82. The molecule has 3 N–H and O–H groups in total. The zero-order valence-electron chi connectivity index (χ0n) is 12.1. The third-order valence-electron chi connectivity index (χ3n) is 3.95. The second-order valence-electron chi connectivity index (χ2n) is 5.49. The summed E-state index contributed by atoms with van der Waals surface area (Å²) in [6.45, 7) is 0.530. The van der Waals surface area contributed by atoms with Crippen LogP contribution in [-0.2, 0) is 6.42 Å². The van der Waals surface area contributed by atoms with Crippen molar-refractivity contribution in [2.45, 2.75) is 25.0 Å². The molecule has 0 saturated carbocycles. The molecule has 2 atom stereocenters. The van der Waals surface area contributed by atoms with Crippen LogP contribution in [0.2, 0.25) is 0 Å². The van der Waals surface area contributed by atoms with Crippen molar-refractivity contribution in [1.29, 1.82) is 0 Å². The summed E-state index contributed by atoms with van der Waals surface area (Å²) in [6, 6.07) is 6.99. The van der Waals surface area contributed by atoms with Gasteiger partial charge in [-0.15, -0.1) is 0 Å². The number of para-hydroxylation sites is 1. The highest BCUT2D eigenvalue weighted by molar-refractivity contribution is 5.79. The maximum absolute atomic E-state index is 12.1. The number of aliphatic hydroxyl groups excluding tert-OH is 2. The van der Waals surface area contributed by atoms with E-state index in [0.717, 1.165) is 16.7 Å². The Hall–Kier alpha value is -2.12. The molecule has 22 heavy (non-hydrogen) atoms. The maximum atomic E-state index is 12.1. The van der Waals surface area contributed by atoms with E-state index in [1.54, 1.807) is 0 Å². The number of amides is 2. The number of carbonyl (C=O) groups is 1. The fourth-order valence-electron chi connectivity index (χ4n) is 2.82. The Morgan fingerprint density at radius 2 is 2.27 bits per heavy atom. The van der Waals surface area contributed by atoms with Gasteiger partial charge >= 0.3 is 6.03 Å². The van der Waals surface area contributed by atoms with E-state index in [0.29, 0.717) is 19.4 Å². The predicted octanol–water partition coefficient (Wildman–Crippen LogP) is 0.507. The summed E-state index contributed by atoms with van der Waals surface area (Å²) < 4.78 is 5.22. The van der Waals surface area contributed by atoms with E-state index in [2.05, 4.69) is 10.5 Å². The monoisotopic (exact) mass is 305 g/mol.